The van der Waals surface area contributed by atoms with E-state index in [0.29, 0.717) is 16.8 Å². The summed E-state index contributed by atoms with van der Waals surface area (Å²) in [7, 11) is 0. The van der Waals surface area contributed by atoms with E-state index in [9.17, 15) is 14.7 Å². The smallest absolute Gasteiger partial charge is 0.264 e. The number of halogens is 1. The van der Waals surface area contributed by atoms with Crippen molar-refractivity contribution in [2.45, 2.75) is 46.6 Å². The summed E-state index contributed by atoms with van der Waals surface area (Å²) in [5.41, 5.74) is 4.87. The Morgan fingerprint density at radius 3 is 2.21 bits per heavy atom. The highest BCUT2D eigenvalue weighted by atomic mass is 79.9. The molecule has 1 aliphatic rings. The molecule has 4 nitrogen and oxygen atoms in total. The molecular weight excluding hydrogens is 430 g/mol. The van der Waals surface area contributed by atoms with Gasteiger partial charge in [0.25, 0.3) is 5.91 Å². The molecule has 1 N–H and O–H groups in total. The number of anilines is 1. The number of hydrogen-bond donors (Lipinski definition) is 1. The molecule has 2 aromatic carbocycles. The Hall–Kier alpha value is -2.24. The van der Waals surface area contributed by atoms with Crippen molar-refractivity contribution in [3.8, 4) is 0 Å². The lowest BCUT2D eigenvalue weighted by Gasteiger charge is -2.24. The van der Waals surface area contributed by atoms with Gasteiger partial charge in [0, 0.05) is 22.1 Å². The van der Waals surface area contributed by atoms with Crippen LogP contribution in [0.4, 0.5) is 5.69 Å². The molecule has 0 spiro atoms. The molecule has 0 aromatic heterocycles. The molecule has 0 radical (unpaired) electrons. The summed E-state index contributed by atoms with van der Waals surface area (Å²) in [4.78, 5) is 28.1. The van der Waals surface area contributed by atoms with E-state index in [1.807, 2.05) is 40.7 Å². The molecule has 0 unspecified atom stereocenters. The van der Waals surface area contributed by atoms with Gasteiger partial charge in [0.15, 0.2) is 11.4 Å². The van der Waals surface area contributed by atoms with E-state index in [2.05, 4.69) is 22.5 Å². The molecule has 152 valence electrons. The first-order valence-corrected chi connectivity index (χ1v) is 10.4. The van der Waals surface area contributed by atoms with E-state index in [-0.39, 0.29) is 18.7 Å². The molecule has 5 heteroatoms. The number of ketones is 1. The number of rotatable bonds is 5. The van der Waals surface area contributed by atoms with Crippen LogP contribution in [0.5, 0.6) is 0 Å². The lowest BCUT2D eigenvalue weighted by atomic mass is 9.82. The lowest BCUT2D eigenvalue weighted by Crippen LogP contribution is -2.42. The van der Waals surface area contributed by atoms with Crippen LogP contribution in [0.2, 0.25) is 0 Å². The molecule has 29 heavy (non-hydrogen) atoms. The van der Waals surface area contributed by atoms with E-state index in [4.69, 9.17) is 0 Å². The minimum Gasteiger partial charge on any atom is -0.375 e. The maximum Gasteiger partial charge on any atom is 0.264 e. The maximum atomic E-state index is 13.4. The number of carbonyl (C=O) groups excluding carboxylic acids is 2. The molecule has 2 aromatic rings. The predicted octanol–water partition coefficient (Wildman–Crippen LogP) is 4.98. The first-order valence-electron chi connectivity index (χ1n) is 9.60. The van der Waals surface area contributed by atoms with Crippen molar-refractivity contribution >= 4 is 33.3 Å². The van der Waals surface area contributed by atoms with Crippen molar-refractivity contribution in [2.75, 3.05) is 11.4 Å². The molecule has 1 aliphatic heterocycles. The summed E-state index contributed by atoms with van der Waals surface area (Å²) in [6.07, 6.45) is 1.31. The first kappa shape index (κ1) is 21.5. The number of aliphatic hydroxyl groups is 1. The summed E-state index contributed by atoms with van der Waals surface area (Å²) in [5.74, 6) is -0.719. The van der Waals surface area contributed by atoms with Crippen molar-refractivity contribution in [1.82, 2.24) is 0 Å². The van der Waals surface area contributed by atoms with Gasteiger partial charge >= 0.3 is 0 Å². The zero-order valence-corrected chi connectivity index (χ0v) is 19.1. The van der Waals surface area contributed by atoms with E-state index >= 15 is 0 Å². The van der Waals surface area contributed by atoms with Gasteiger partial charge in [-0.15, -0.1) is 6.58 Å². The predicted molar refractivity (Wildman–Crippen MR) is 120 cm³/mol. The Bertz CT molecular complexity index is 1030. The average molecular weight is 456 g/mol. The van der Waals surface area contributed by atoms with Gasteiger partial charge in [-0.2, -0.15) is 0 Å². The van der Waals surface area contributed by atoms with Crippen LogP contribution in [-0.2, 0) is 10.4 Å². The van der Waals surface area contributed by atoms with Crippen LogP contribution in [0.3, 0.4) is 0 Å². The van der Waals surface area contributed by atoms with Gasteiger partial charge in [-0.1, -0.05) is 22.0 Å². The third kappa shape index (κ3) is 3.26. The quantitative estimate of drug-likeness (QED) is 0.510. The first-order chi connectivity index (χ1) is 13.5. The molecule has 0 fully saturated rings. The van der Waals surface area contributed by atoms with E-state index < -0.39 is 11.5 Å². The lowest BCUT2D eigenvalue weighted by molar-refractivity contribution is -0.135. The highest BCUT2D eigenvalue weighted by Gasteiger charge is 2.51. The fourth-order valence-electron chi connectivity index (χ4n) is 4.24. The van der Waals surface area contributed by atoms with Crippen molar-refractivity contribution in [3.05, 3.63) is 74.3 Å². The van der Waals surface area contributed by atoms with Gasteiger partial charge in [-0.25, -0.2) is 0 Å². The molecule has 0 saturated heterocycles. The molecule has 1 heterocycles. The summed E-state index contributed by atoms with van der Waals surface area (Å²) in [6, 6.07) is 5.31. The van der Waals surface area contributed by atoms with Crippen LogP contribution in [-0.4, -0.2) is 23.3 Å². The number of benzene rings is 2. The number of hydrogen-bond acceptors (Lipinski definition) is 3. The summed E-state index contributed by atoms with van der Waals surface area (Å²) < 4.78 is 0.741. The van der Waals surface area contributed by atoms with Crippen LogP contribution >= 0.6 is 15.9 Å². The normalized spacial score (nSPS) is 18.2. The summed E-state index contributed by atoms with van der Waals surface area (Å²) >= 11 is 3.41. The second-order valence-corrected chi connectivity index (χ2v) is 8.74. The molecule has 3 rings (SSSR count). The molecule has 1 amide bonds. The average Bonchev–Trinajstić information content (AvgIpc) is 2.87. The van der Waals surface area contributed by atoms with Crippen LogP contribution in [0.25, 0.3) is 0 Å². The molecule has 1 atom stereocenters. The number of Topliss-reactive ketones (excluding diaryl/α,β-unsaturated/α-hetero) is 1. The SMILES string of the molecule is C=CCN1C(=O)[C@@](O)(CC(=O)c2c(C)c(C)c(C)c(C)c2C)c2cc(Br)ccc21. The van der Waals surface area contributed by atoms with Gasteiger partial charge < -0.3 is 10.0 Å². The fourth-order valence-corrected chi connectivity index (χ4v) is 4.60. The van der Waals surface area contributed by atoms with Gasteiger partial charge in [-0.05, 0) is 80.6 Å². The second kappa shape index (κ2) is 7.54. The third-order valence-corrected chi connectivity index (χ3v) is 6.79. The van der Waals surface area contributed by atoms with Gasteiger partial charge in [0.2, 0.25) is 0 Å². The molecular formula is C24H26BrNO3. The highest BCUT2D eigenvalue weighted by molar-refractivity contribution is 9.10. The summed E-state index contributed by atoms with van der Waals surface area (Å²) in [5, 5.41) is 11.5. The van der Waals surface area contributed by atoms with E-state index in [1.54, 1.807) is 18.2 Å². The van der Waals surface area contributed by atoms with Gasteiger partial charge in [0.1, 0.15) is 0 Å². The topological polar surface area (TPSA) is 57.6 Å². The minimum absolute atomic E-state index is 0.228. The third-order valence-electron chi connectivity index (χ3n) is 6.30. The Morgan fingerprint density at radius 2 is 1.66 bits per heavy atom. The minimum atomic E-state index is -1.90. The van der Waals surface area contributed by atoms with Crippen LogP contribution < -0.4 is 4.90 Å². The van der Waals surface area contributed by atoms with Crippen molar-refractivity contribution in [3.63, 3.8) is 0 Å². The Labute approximate surface area is 180 Å². The number of nitrogens with zero attached hydrogens (tertiary/aromatic N) is 1. The van der Waals surface area contributed by atoms with E-state index in [0.717, 1.165) is 26.7 Å². The van der Waals surface area contributed by atoms with Crippen LogP contribution in [0, 0.1) is 34.6 Å². The van der Waals surface area contributed by atoms with Crippen molar-refractivity contribution in [1.29, 1.82) is 0 Å². The zero-order chi connectivity index (χ0) is 21.7. The Morgan fingerprint density at radius 1 is 1.10 bits per heavy atom. The van der Waals surface area contributed by atoms with Gasteiger partial charge in [-0.3, -0.25) is 9.59 Å². The monoisotopic (exact) mass is 455 g/mol. The largest absolute Gasteiger partial charge is 0.375 e. The fraction of sp³-hybridized carbons (Fsp3) is 0.333. The van der Waals surface area contributed by atoms with Crippen LogP contribution in [0.15, 0.2) is 35.3 Å². The van der Waals surface area contributed by atoms with E-state index in [1.165, 1.54) is 10.5 Å². The summed E-state index contributed by atoms with van der Waals surface area (Å²) in [6.45, 7) is 13.9. The number of carbonyl (C=O) groups is 2. The van der Waals surface area contributed by atoms with Gasteiger partial charge in [0.05, 0.1) is 12.1 Å². The highest BCUT2D eigenvalue weighted by Crippen LogP contribution is 2.44. The molecule has 0 aliphatic carbocycles. The standard InChI is InChI=1S/C24H26BrNO3/c1-7-10-26-20-9-8-18(25)11-19(20)24(29,23(26)28)12-21(27)22-16(5)14(3)13(2)15(4)17(22)6/h7-9,11,29H,1,10,12H2,2-6H3/t24-/m1/s1. The van der Waals surface area contributed by atoms with Crippen LogP contribution in [0.1, 0.15) is 50.2 Å². The second-order valence-electron chi connectivity index (χ2n) is 7.83. The van der Waals surface area contributed by atoms with Crippen molar-refractivity contribution < 1.29 is 14.7 Å². The number of fused-ring (bicyclic) bond motifs is 1. The Balaban J connectivity index is 2.11. The Kier molecular flexibility index (Phi) is 5.58. The van der Waals surface area contributed by atoms with Crippen molar-refractivity contribution in [2.24, 2.45) is 0 Å². The zero-order valence-electron chi connectivity index (χ0n) is 17.5. The molecule has 0 saturated carbocycles. The number of amides is 1. The molecule has 0 bridgehead atoms. The maximum absolute atomic E-state index is 13.4.